The molecule has 21 heavy (non-hydrogen) atoms. The Labute approximate surface area is 128 Å². The van der Waals surface area contributed by atoms with E-state index in [-0.39, 0.29) is 11.9 Å². The summed E-state index contributed by atoms with van der Waals surface area (Å²) in [5, 5.41) is 12.3. The van der Waals surface area contributed by atoms with Crippen molar-refractivity contribution in [2.75, 3.05) is 6.54 Å². The molecule has 1 unspecified atom stereocenters. The van der Waals surface area contributed by atoms with E-state index in [4.69, 9.17) is 0 Å². The van der Waals surface area contributed by atoms with E-state index >= 15 is 0 Å². The van der Waals surface area contributed by atoms with E-state index in [0.29, 0.717) is 6.42 Å². The Morgan fingerprint density at radius 2 is 2.38 bits per heavy atom. The van der Waals surface area contributed by atoms with Crippen molar-refractivity contribution < 1.29 is 4.79 Å². The van der Waals surface area contributed by atoms with E-state index in [1.807, 2.05) is 26.3 Å². The molecular weight excluding hydrogens is 284 g/mol. The summed E-state index contributed by atoms with van der Waals surface area (Å²) in [5.41, 5.74) is 1.10. The summed E-state index contributed by atoms with van der Waals surface area (Å²) < 4.78 is 2.04. The highest BCUT2D eigenvalue weighted by Crippen LogP contribution is 2.30. The number of rotatable bonds is 4. The SMILES string of the molecule is CCn1cnnc1C1CCCCN1C(=O)Cc1ccsc1. The van der Waals surface area contributed by atoms with Crippen molar-refractivity contribution in [3.63, 3.8) is 0 Å². The molecule has 1 amide bonds. The minimum atomic E-state index is 0.0762. The molecule has 0 radical (unpaired) electrons. The van der Waals surface area contributed by atoms with E-state index < -0.39 is 0 Å². The Hall–Kier alpha value is -1.69. The summed E-state index contributed by atoms with van der Waals surface area (Å²) >= 11 is 1.64. The van der Waals surface area contributed by atoms with Gasteiger partial charge in [0.15, 0.2) is 5.82 Å². The molecule has 1 fully saturated rings. The number of thiophene rings is 1. The van der Waals surface area contributed by atoms with Crippen molar-refractivity contribution in [2.24, 2.45) is 0 Å². The van der Waals surface area contributed by atoms with Crippen LogP contribution in [-0.4, -0.2) is 32.1 Å². The van der Waals surface area contributed by atoms with Gasteiger partial charge in [-0.3, -0.25) is 4.79 Å². The van der Waals surface area contributed by atoms with Crippen LogP contribution < -0.4 is 0 Å². The largest absolute Gasteiger partial charge is 0.332 e. The van der Waals surface area contributed by atoms with Crippen molar-refractivity contribution in [1.82, 2.24) is 19.7 Å². The van der Waals surface area contributed by atoms with Gasteiger partial charge in [-0.15, -0.1) is 10.2 Å². The van der Waals surface area contributed by atoms with E-state index in [0.717, 1.165) is 43.7 Å². The number of carbonyl (C=O) groups excluding carboxylic acids is 1. The van der Waals surface area contributed by atoms with Gasteiger partial charge in [-0.2, -0.15) is 11.3 Å². The lowest BCUT2D eigenvalue weighted by Gasteiger charge is -2.35. The molecule has 0 saturated carbocycles. The van der Waals surface area contributed by atoms with Gasteiger partial charge in [-0.05, 0) is 48.6 Å². The summed E-state index contributed by atoms with van der Waals surface area (Å²) in [6.45, 7) is 3.74. The van der Waals surface area contributed by atoms with Crippen molar-refractivity contribution in [3.05, 3.63) is 34.5 Å². The molecule has 1 aliphatic heterocycles. The van der Waals surface area contributed by atoms with Crippen LogP contribution in [0.3, 0.4) is 0 Å². The van der Waals surface area contributed by atoms with E-state index in [9.17, 15) is 4.79 Å². The van der Waals surface area contributed by atoms with Crippen LogP contribution >= 0.6 is 11.3 Å². The standard InChI is InChI=1S/C15H20N4OS/c1-2-18-11-16-17-15(18)13-5-3-4-7-19(13)14(20)9-12-6-8-21-10-12/h6,8,10-11,13H,2-5,7,9H2,1H3. The highest BCUT2D eigenvalue weighted by atomic mass is 32.1. The summed E-state index contributed by atoms with van der Waals surface area (Å²) in [6.07, 6.45) is 5.44. The fourth-order valence-corrected chi connectivity index (χ4v) is 3.60. The molecule has 0 aliphatic carbocycles. The third-order valence-corrected chi connectivity index (χ3v) is 4.77. The van der Waals surface area contributed by atoms with Gasteiger partial charge in [0.1, 0.15) is 6.33 Å². The van der Waals surface area contributed by atoms with Gasteiger partial charge in [0.2, 0.25) is 5.91 Å². The number of carbonyl (C=O) groups is 1. The quantitative estimate of drug-likeness (QED) is 0.872. The molecule has 2 aromatic heterocycles. The summed E-state index contributed by atoms with van der Waals surface area (Å²) in [5.74, 6) is 1.12. The number of aromatic nitrogens is 3. The lowest BCUT2D eigenvalue weighted by Crippen LogP contribution is -2.40. The van der Waals surface area contributed by atoms with Gasteiger partial charge in [-0.1, -0.05) is 0 Å². The highest BCUT2D eigenvalue weighted by Gasteiger charge is 2.31. The summed E-state index contributed by atoms with van der Waals surface area (Å²) in [7, 11) is 0. The Balaban J connectivity index is 1.79. The first-order chi connectivity index (χ1) is 10.3. The topological polar surface area (TPSA) is 51.0 Å². The van der Waals surface area contributed by atoms with Gasteiger partial charge in [0.05, 0.1) is 12.5 Å². The average Bonchev–Trinajstić information content (AvgIpc) is 3.18. The van der Waals surface area contributed by atoms with Crippen molar-refractivity contribution >= 4 is 17.2 Å². The normalized spacial score (nSPS) is 18.9. The van der Waals surface area contributed by atoms with Crippen LogP contribution in [0.2, 0.25) is 0 Å². The third kappa shape index (κ3) is 3.00. The second-order valence-corrected chi connectivity index (χ2v) is 6.16. The highest BCUT2D eigenvalue weighted by molar-refractivity contribution is 7.07. The average molecular weight is 304 g/mol. The van der Waals surface area contributed by atoms with Gasteiger partial charge < -0.3 is 9.47 Å². The first-order valence-electron chi connectivity index (χ1n) is 7.48. The van der Waals surface area contributed by atoms with E-state index in [1.165, 1.54) is 0 Å². The van der Waals surface area contributed by atoms with E-state index in [1.54, 1.807) is 17.7 Å². The number of likely N-dealkylation sites (tertiary alicyclic amines) is 1. The monoisotopic (exact) mass is 304 g/mol. The van der Waals surface area contributed by atoms with Crippen LogP contribution in [-0.2, 0) is 17.8 Å². The zero-order chi connectivity index (χ0) is 14.7. The van der Waals surface area contributed by atoms with Crippen LogP contribution in [0.1, 0.15) is 43.6 Å². The second kappa shape index (κ2) is 6.39. The van der Waals surface area contributed by atoms with Gasteiger partial charge in [0.25, 0.3) is 0 Å². The molecule has 0 spiro atoms. The molecule has 0 N–H and O–H groups in total. The molecule has 6 heteroatoms. The number of nitrogens with zero attached hydrogens (tertiary/aromatic N) is 4. The fraction of sp³-hybridized carbons (Fsp3) is 0.533. The Bertz CT molecular complexity index is 593. The van der Waals surface area contributed by atoms with Crippen LogP contribution in [0.5, 0.6) is 0 Å². The molecular formula is C15H20N4OS. The van der Waals surface area contributed by atoms with Gasteiger partial charge in [-0.25, -0.2) is 0 Å². The number of hydrogen-bond donors (Lipinski definition) is 0. The smallest absolute Gasteiger partial charge is 0.227 e. The maximum atomic E-state index is 12.6. The number of aryl methyl sites for hydroxylation is 1. The first-order valence-corrected chi connectivity index (χ1v) is 8.42. The Morgan fingerprint density at radius 1 is 1.48 bits per heavy atom. The van der Waals surface area contributed by atoms with Crippen LogP contribution in [0.25, 0.3) is 0 Å². The molecule has 0 bridgehead atoms. The maximum absolute atomic E-state index is 12.6. The van der Waals surface area contributed by atoms with Crippen molar-refractivity contribution in [1.29, 1.82) is 0 Å². The second-order valence-electron chi connectivity index (χ2n) is 5.38. The molecule has 1 atom stereocenters. The minimum absolute atomic E-state index is 0.0762. The molecule has 2 aromatic rings. The molecule has 1 aliphatic rings. The zero-order valence-electron chi connectivity index (χ0n) is 12.2. The van der Waals surface area contributed by atoms with Crippen LogP contribution in [0.15, 0.2) is 23.2 Å². The Kier molecular flexibility index (Phi) is 4.34. The van der Waals surface area contributed by atoms with Crippen molar-refractivity contribution in [2.45, 2.75) is 45.2 Å². The summed E-state index contributed by atoms with van der Waals surface area (Å²) in [6, 6.07) is 2.10. The van der Waals surface area contributed by atoms with Crippen LogP contribution in [0, 0.1) is 0 Å². The number of amides is 1. The minimum Gasteiger partial charge on any atom is -0.332 e. The molecule has 0 aromatic carbocycles. The third-order valence-electron chi connectivity index (χ3n) is 4.04. The lowest BCUT2D eigenvalue weighted by atomic mass is 10.0. The van der Waals surface area contributed by atoms with Gasteiger partial charge >= 0.3 is 0 Å². The predicted molar refractivity (Wildman–Crippen MR) is 82.0 cm³/mol. The zero-order valence-corrected chi connectivity index (χ0v) is 13.1. The van der Waals surface area contributed by atoms with E-state index in [2.05, 4.69) is 17.1 Å². The number of hydrogen-bond acceptors (Lipinski definition) is 4. The molecule has 3 heterocycles. The van der Waals surface area contributed by atoms with Gasteiger partial charge in [0, 0.05) is 13.1 Å². The molecule has 3 rings (SSSR count). The summed E-state index contributed by atoms with van der Waals surface area (Å²) in [4.78, 5) is 14.6. The first kappa shape index (κ1) is 14.3. The Morgan fingerprint density at radius 3 is 3.14 bits per heavy atom. The number of piperidine rings is 1. The predicted octanol–water partition coefficient (Wildman–Crippen LogP) is 2.66. The fourth-order valence-electron chi connectivity index (χ4n) is 2.93. The van der Waals surface area contributed by atoms with Crippen molar-refractivity contribution in [3.8, 4) is 0 Å². The lowest BCUT2D eigenvalue weighted by molar-refractivity contribution is -0.134. The molecule has 1 saturated heterocycles. The van der Waals surface area contributed by atoms with Crippen LogP contribution in [0.4, 0.5) is 0 Å². The maximum Gasteiger partial charge on any atom is 0.227 e. The molecule has 112 valence electrons. The molecule has 5 nitrogen and oxygen atoms in total.